The van der Waals surface area contributed by atoms with Crippen molar-refractivity contribution in [3.05, 3.63) is 0 Å². The maximum absolute atomic E-state index is 2.00. The zero-order valence-corrected chi connectivity index (χ0v) is 7.84. The maximum Gasteiger partial charge on any atom is -0.0355 e. The van der Waals surface area contributed by atoms with E-state index in [4.69, 9.17) is 0 Å². The van der Waals surface area contributed by atoms with Crippen LogP contribution in [0.15, 0.2) is 0 Å². The molecule has 3 aliphatic carbocycles. The van der Waals surface area contributed by atoms with Gasteiger partial charge in [-0.05, 0) is 55.8 Å². The molecule has 3 saturated carbocycles. The van der Waals surface area contributed by atoms with Crippen LogP contribution in [-0.2, 0) is 0 Å². The van der Waals surface area contributed by atoms with Crippen LogP contribution in [0, 0.1) is 23.7 Å². The lowest BCUT2D eigenvalue weighted by Crippen LogP contribution is -2.08. The molecule has 0 aromatic heterocycles. The van der Waals surface area contributed by atoms with Crippen molar-refractivity contribution in [3.63, 3.8) is 0 Å². The molecule has 3 rings (SSSR count). The summed E-state index contributed by atoms with van der Waals surface area (Å²) in [5.41, 5.74) is 0. The Hall–Kier alpha value is 0. The predicted molar refractivity (Wildman–Crippen MR) is 48.4 cm³/mol. The van der Waals surface area contributed by atoms with Crippen LogP contribution in [0.4, 0.5) is 0 Å². The lowest BCUT2D eigenvalue weighted by Gasteiger charge is -2.16. The highest BCUT2D eigenvalue weighted by molar-refractivity contribution is 4.99. The maximum atomic E-state index is 2.00. The summed E-state index contributed by atoms with van der Waals surface area (Å²) >= 11 is 0. The van der Waals surface area contributed by atoms with E-state index < -0.39 is 0 Å². The van der Waals surface area contributed by atoms with E-state index in [1.165, 1.54) is 23.7 Å². The highest BCUT2D eigenvalue weighted by atomic mass is 14.5. The average molecular weight is 152 g/mol. The zero-order chi connectivity index (χ0) is 7.84. The number of rotatable bonds is 0. The molecule has 0 heteroatoms. The molecule has 11 heavy (non-hydrogen) atoms. The van der Waals surface area contributed by atoms with Crippen LogP contribution in [0.1, 0.15) is 46.0 Å². The van der Waals surface area contributed by atoms with E-state index in [0.717, 1.165) is 0 Å². The molecule has 2 unspecified atom stereocenters. The Kier molecular flexibility index (Phi) is 1.95. The lowest BCUT2D eigenvalue weighted by atomic mass is 9.89. The van der Waals surface area contributed by atoms with Crippen molar-refractivity contribution in [1.29, 1.82) is 0 Å². The fourth-order valence-electron chi connectivity index (χ4n) is 3.74. The molecule has 0 N–H and O–H groups in total. The minimum Gasteiger partial charge on any atom is -0.0683 e. The molecule has 2 bridgehead atoms. The normalized spacial score (nSPS) is 50.7. The molecule has 64 valence electrons. The van der Waals surface area contributed by atoms with Gasteiger partial charge in [0.1, 0.15) is 0 Å². The Morgan fingerprint density at radius 3 is 1.73 bits per heavy atom. The third-order valence-corrected chi connectivity index (χ3v) is 4.00. The van der Waals surface area contributed by atoms with Crippen molar-refractivity contribution in [2.45, 2.75) is 46.0 Å². The zero-order valence-electron chi connectivity index (χ0n) is 7.84. The van der Waals surface area contributed by atoms with E-state index in [0.29, 0.717) is 0 Å². The molecule has 0 aliphatic heterocycles. The molecule has 3 aliphatic rings. The van der Waals surface area contributed by atoms with Crippen molar-refractivity contribution < 1.29 is 0 Å². The van der Waals surface area contributed by atoms with E-state index >= 15 is 0 Å². The molecule has 0 saturated heterocycles. The Morgan fingerprint density at radius 1 is 0.818 bits per heavy atom. The predicted octanol–water partition coefficient (Wildman–Crippen LogP) is 3.47. The van der Waals surface area contributed by atoms with Gasteiger partial charge in [-0.2, -0.15) is 0 Å². The van der Waals surface area contributed by atoms with E-state index in [1.807, 2.05) is 13.8 Å². The first-order valence-corrected chi connectivity index (χ1v) is 5.43. The van der Waals surface area contributed by atoms with Gasteiger partial charge in [-0.1, -0.05) is 13.8 Å². The fraction of sp³-hybridized carbons (Fsp3) is 1.00. The van der Waals surface area contributed by atoms with Gasteiger partial charge in [-0.25, -0.2) is 0 Å². The van der Waals surface area contributed by atoms with Gasteiger partial charge < -0.3 is 0 Å². The van der Waals surface area contributed by atoms with E-state index in [1.54, 1.807) is 32.1 Å². The molecule has 0 nitrogen and oxygen atoms in total. The molecular weight excluding hydrogens is 132 g/mol. The second-order valence-corrected chi connectivity index (χ2v) is 4.33. The molecule has 0 spiro atoms. The molecule has 0 heterocycles. The molecule has 0 aromatic rings. The molecule has 0 amide bonds. The van der Waals surface area contributed by atoms with Gasteiger partial charge in [-0.3, -0.25) is 0 Å². The monoisotopic (exact) mass is 152 g/mol. The van der Waals surface area contributed by atoms with Crippen LogP contribution in [0.2, 0.25) is 0 Å². The fourth-order valence-corrected chi connectivity index (χ4v) is 3.74. The van der Waals surface area contributed by atoms with Gasteiger partial charge >= 0.3 is 0 Å². The highest BCUT2D eigenvalue weighted by Gasteiger charge is 2.49. The van der Waals surface area contributed by atoms with Crippen LogP contribution in [-0.4, -0.2) is 0 Å². The van der Waals surface area contributed by atoms with Crippen molar-refractivity contribution in [1.82, 2.24) is 0 Å². The summed E-state index contributed by atoms with van der Waals surface area (Å²) in [5.74, 6) is 4.81. The van der Waals surface area contributed by atoms with E-state index in [2.05, 4.69) is 0 Å². The highest BCUT2D eigenvalue weighted by Crippen LogP contribution is 2.59. The Bertz CT molecular complexity index is 122. The molecule has 0 aromatic carbocycles. The minimum atomic E-state index is 1.19. The van der Waals surface area contributed by atoms with Crippen molar-refractivity contribution in [2.75, 3.05) is 0 Å². The van der Waals surface area contributed by atoms with Crippen LogP contribution in [0.3, 0.4) is 0 Å². The molecular formula is C11H20. The summed E-state index contributed by atoms with van der Waals surface area (Å²) < 4.78 is 0. The molecule has 0 radical (unpaired) electrons. The first-order valence-electron chi connectivity index (χ1n) is 5.43. The number of hydrogen-bond donors (Lipinski definition) is 0. The summed E-state index contributed by atoms with van der Waals surface area (Å²) in [6, 6.07) is 0. The van der Waals surface area contributed by atoms with Crippen molar-refractivity contribution >= 4 is 0 Å². The second-order valence-electron chi connectivity index (χ2n) is 4.33. The topological polar surface area (TPSA) is 0 Å². The largest absolute Gasteiger partial charge is 0.0683 e. The van der Waals surface area contributed by atoms with Crippen LogP contribution < -0.4 is 0 Å². The minimum absolute atomic E-state index is 1.19. The molecule has 2 atom stereocenters. The number of hydrogen-bond acceptors (Lipinski definition) is 0. The van der Waals surface area contributed by atoms with Crippen LogP contribution >= 0.6 is 0 Å². The summed E-state index contributed by atoms with van der Waals surface area (Å²) in [7, 11) is 0. The quantitative estimate of drug-likeness (QED) is 0.498. The van der Waals surface area contributed by atoms with Crippen LogP contribution in [0.25, 0.3) is 0 Å². The van der Waals surface area contributed by atoms with Gasteiger partial charge in [0.25, 0.3) is 0 Å². The Balaban J connectivity index is 0.000000224. The molecule has 3 fully saturated rings. The summed E-state index contributed by atoms with van der Waals surface area (Å²) in [6.07, 6.45) is 8.02. The lowest BCUT2D eigenvalue weighted by molar-refractivity contribution is 0.332. The van der Waals surface area contributed by atoms with Gasteiger partial charge in [0, 0.05) is 0 Å². The van der Waals surface area contributed by atoms with Gasteiger partial charge in [0.05, 0.1) is 0 Å². The van der Waals surface area contributed by atoms with Crippen molar-refractivity contribution in [2.24, 2.45) is 23.7 Å². The van der Waals surface area contributed by atoms with E-state index in [-0.39, 0.29) is 0 Å². The standard InChI is InChI=1S/C9H14.C2H6/c1-2-8-4-6-3-7(1)9(8)5-6;1-2/h6-9H,1-5H2;1-2H3. The SMILES string of the molecule is C1CC2CC3CC1C2C3.CC. The number of fused-ring (bicyclic) bond motifs is 1. The average Bonchev–Trinajstić information content (AvgIpc) is 2.62. The first kappa shape index (κ1) is 7.64. The Morgan fingerprint density at radius 2 is 1.36 bits per heavy atom. The second kappa shape index (κ2) is 2.80. The van der Waals surface area contributed by atoms with Gasteiger partial charge in [0.15, 0.2) is 0 Å². The van der Waals surface area contributed by atoms with Crippen LogP contribution in [0.5, 0.6) is 0 Å². The summed E-state index contributed by atoms with van der Waals surface area (Å²) in [6.45, 7) is 4.00. The summed E-state index contributed by atoms with van der Waals surface area (Å²) in [4.78, 5) is 0. The Labute approximate surface area is 70.4 Å². The van der Waals surface area contributed by atoms with Gasteiger partial charge in [-0.15, -0.1) is 0 Å². The first-order chi connectivity index (χ1) is 5.43. The summed E-state index contributed by atoms with van der Waals surface area (Å²) in [5, 5.41) is 0. The van der Waals surface area contributed by atoms with E-state index in [9.17, 15) is 0 Å². The van der Waals surface area contributed by atoms with Gasteiger partial charge in [0.2, 0.25) is 0 Å². The smallest absolute Gasteiger partial charge is 0.0355 e. The van der Waals surface area contributed by atoms with Crippen molar-refractivity contribution in [3.8, 4) is 0 Å². The third-order valence-electron chi connectivity index (χ3n) is 4.00. The third kappa shape index (κ3) is 1.02.